The average molecular weight is 275 g/mol. The van der Waals surface area contributed by atoms with E-state index in [2.05, 4.69) is 34.0 Å². The molecule has 2 heterocycles. The third-order valence-electron chi connectivity index (χ3n) is 4.61. The number of hydrogen-bond donors (Lipinski definition) is 2. The number of nitrogens with zero attached hydrogens (tertiary/aromatic N) is 3. The molecule has 3 rings (SSSR count). The highest BCUT2D eigenvalue weighted by Crippen LogP contribution is 2.40. The van der Waals surface area contributed by atoms with Gasteiger partial charge in [-0.1, -0.05) is 20.3 Å². The van der Waals surface area contributed by atoms with Crippen LogP contribution in [0.15, 0.2) is 6.33 Å². The molecule has 1 fully saturated rings. The molecule has 3 N–H and O–H groups in total. The first-order valence-corrected chi connectivity index (χ1v) is 7.66. The monoisotopic (exact) mass is 275 g/mol. The molecule has 1 saturated heterocycles. The van der Waals surface area contributed by atoms with Crippen molar-refractivity contribution in [3.05, 3.63) is 17.6 Å². The van der Waals surface area contributed by atoms with Crippen molar-refractivity contribution in [1.29, 1.82) is 0 Å². The second kappa shape index (κ2) is 5.30. The number of hydrogen-bond acceptors (Lipinski definition) is 5. The smallest absolute Gasteiger partial charge is 0.137 e. The van der Waals surface area contributed by atoms with Gasteiger partial charge in [0.05, 0.1) is 5.69 Å². The van der Waals surface area contributed by atoms with Gasteiger partial charge in [-0.15, -0.1) is 0 Å². The molecule has 0 saturated carbocycles. The Morgan fingerprint density at radius 1 is 1.30 bits per heavy atom. The first-order valence-electron chi connectivity index (χ1n) is 7.66. The molecule has 20 heavy (non-hydrogen) atoms. The molecular weight excluding hydrogens is 250 g/mol. The number of nitrogens with one attached hydrogen (secondary N) is 1. The van der Waals surface area contributed by atoms with Crippen LogP contribution in [0.4, 0.5) is 5.82 Å². The van der Waals surface area contributed by atoms with E-state index >= 15 is 0 Å². The van der Waals surface area contributed by atoms with Gasteiger partial charge >= 0.3 is 0 Å². The van der Waals surface area contributed by atoms with Crippen LogP contribution in [0.3, 0.4) is 0 Å². The molecule has 2 aliphatic rings. The van der Waals surface area contributed by atoms with E-state index in [1.54, 1.807) is 6.33 Å². The Bertz CT molecular complexity index is 479. The number of fused-ring (bicyclic) bond motifs is 1. The summed E-state index contributed by atoms with van der Waals surface area (Å²) >= 11 is 0. The summed E-state index contributed by atoms with van der Waals surface area (Å²) < 4.78 is 0. The van der Waals surface area contributed by atoms with Gasteiger partial charge in [0.2, 0.25) is 0 Å². The van der Waals surface area contributed by atoms with Crippen LogP contribution in [0.1, 0.15) is 50.4 Å². The summed E-state index contributed by atoms with van der Waals surface area (Å²) in [7, 11) is 0. The fourth-order valence-corrected chi connectivity index (χ4v) is 3.42. The van der Waals surface area contributed by atoms with E-state index in [0.29, 0.717) is 0 Å². The average Bonchev–Trinajstić information content (AvgIpc) is 2.57. The van der Waals surface area contributed by atoms with Crippen molar-refractivity contribution in [2.45, 2.75) is 44.6 Å². The standard InChI is InChI=1S/C15H25N5/c1-15(2)5-3-4-11(16)12-13(15)18-10-19-14(12)20-8-6-17-7-9-20/h10-11,17H,3-9,16H2,1-2H3. The van der Waals surface area contributed by atoms with Crippen LogP contribution in [0.5, 0.6) is 0 Å². The second-order valence-electron chi connectivity index (χ2n) is 6.58. The molecule has 0 spiro atoms. The quantitative estimate of drug-likeness (QED) is 0.757. The van der Waals surface area contributed by atoms with E-state index in [4.69, 9.17) is 5.73 Å². The first kappa shape index (κ1) is 13.8. The molecule has 1 aliphatic heterocycles. The summed E-state index contributed by atoms with van der Waals surface area (Å²) in [6.45, 7) is 8.57. The maximum absolute atomic E-state index is 6.45. The number of aromatic nitrogens is 2. The molecule has 0 bridgehead atoms. The van der Waals surface area contributed by atoms with Crippen LogP contribution in [-0.4, -0.2) is 36.1 Å². The van der Waals surface area contributed by atoms with Crippen LogP contribution in [0.25, 0.3) is 0 Å². The van der Waals surface area contributed by atoms with Crippen LogP contribution in [0.2, 0.25) is 0 Å². The van der Waals surface area contributed by atoms with E-state index in [9.17, 15) is 0 Å². The zero-order chi connectivity index (χ0) is 14.2. The zero-order valence-electron chi connectivity index (χ0n) is 12.5. The Kier molecular flexibility index (Phi) is 3.65. The van der Waals surface area contributed by atoms with Crippen LogP contribution < -0.4 is 16.0 Å². The van der Waals surface area contributed by atoms with E-state index in [-0.39, 0.29) is 11.5 Å². The molecule has 1 aromatic rings. The lowest BCUT2D eigenvalue weighted by Crippen LogP contribution is -2.44. The number of rotatable bonds is 1. The van der Waals surface area contributed by atoms with Crippen molar-refractivity contribution < 1.29 is 0 Å². The molecule has 5 nitrogen and oxygen atoms in total. The Morgan fingerprint density at radius 3 is 2.80 bits per heavy atom. The summed E-state index contributed by atoms with van der Waals surface area (Å²) in [5, 5.41) is 3.39. The molecule has 1 unspecified atom stereocenters. The normalized spacial score (nSPS) is 25.9. The van der Waals surface area contributed by atoms with Crippen molar-refractivity contribution >= 4 is 5.82 Å². The lowest BCUT2D eigenvalue weighted by molar-refractivity contribution is 0.452. The highest BCUT2D eigenvalue weighted by Gasteiger charge is 2.33. The van der Waals surface area contributed by atoms with Gasteiger partial charge in [0.25, 0.3) is 0 Å². The van der Waals surface area contributed by atoms with Gasteiger partial charge in [0.15, 0.2) is 0 Å². The van der Waals surface area contributed by atoms with Crippen LogP contribution >= 0.6 is 0 Å². The molecule has 110 valence electrons. The largest absolute Gasteiger partial charge is 0.354 e. The SMILES string of the molecule is CC1(C)CCCC(N)c2c(N3CCNCC3)ncnc21. The predicted octanol–water partition coefficient (Wildman–Crippen LogP) is 1.35. The van der Waals surface area contributed by atoms with Crippen molar-refractivity contribution in [2.24, 2.45) is 5.73 Å². The molecule has 0 aromatic carbocycles. The van der Waals surface area contributed by atoms with Crippen molar-refractivity contribution in [3.8, 4) is 0 Å². The van der Waals surface area contributed by atoms with Crippen molar-refractivity contribution in [2.75, 3.05) is 31.1 Å². The van der Waals surface area contributed by atoms with E-state index in [1.807, 2.05) is 0 Å². The van der Waals surface area contributed by atoms with Crippen LogP contribution in [-0.2, 0) is 5.41 Å². The molecule has 0 radical (unpaired) electrons. The minimum atomic E-state index is 0.0675. The Hall–Kier alpha value is -1.20. The summed E-state index contributed by atoms with van der Waals surface area (Å²) in [6, 6.07) is 0.0675. The molecular formula is C15H25N5. The van der Waals surface area contributed by atoms with Gasteiger partial charge in [-0.05, 0) is 12.8 Å². The second-order valence-corrected chi connectivity index (χ2v) is 6.58. The lowest BCUT2D eigenvalue weighted by atomic mass is 9.83. The number of anilines is 1. The first-order chi connectivity index (χ1) is 9.59. The van der Waals surface area contributed by atoms with Crippen molar-refractivity contribution in [1.82, 2.24) is 15.3 Å². The fourth-order valence-electron chi connectivity index (χ4n) is 3.42. The van der Waals surface area contributed by atoms with Gasteiger partial charge in [-0.2, -0.15) is 0 Å². The van der Waals surface area contributed by atoms with E-state index < -0.39 is 0 Å². The third-order valence-corrected chi connectivity index (χ3v) is 4.61. The maximum Gasteiger partial charge on any atom is 0.137 e. The van der Waals surface area contributed by atoms with E-state index in [0.717, 1.165) is 57.0 Å². The number of piperazine rings is 1. The van der Waals surface area contributed by atoms with Gasteiger partial charge in [-0.3, -0.25) is 0 Å². The summed E-state index contributed by atoms with van der Waals surface area (Å²) in [5.41, 5.74) is 8.90. The van der Waals surface area contributed by atoms with Gasteiger partial charge in [-0.25, -0.2) is 9.97 Å². The summed E-state index contributed by atoms with van der Waals surface area (Å²) in [4.78, 5) is 11.5. The highest BCUT2D eigenvalue weighted by molar-refractivity contribution is 5.53. The third kappa shape index (κ3) is 2.40. The number of nitrogens with two attached hydrogens (primary N) is 1. The Morgan fingerprint density at radius 2 is 2.05 bits per heavy atom. The molecule has 5 heteroatoms. The zero-order valence-corrected chi connectivity index (χ0v) is 12.5. The van der Waals surface area contributed by atoms with E-state index in [1.165, 1.54) is 5.56 Å². The van der Waals surface area contributed by atoms with Gasteiger partial charge < -0.3 is 16.0 Å². The minimum Gasteiger partial charge on any atom is -0.354 e. The van der Waals surface area contributed by atoms with Gasteiger partial charge in [0, 0.05) is 43.2 Å². The molecule has 1 aromatic heterocycles. The summed E-state index contributed by atoms with van der Waals surface area (Å²) in [6.07, 6.45) is 5.05. The lowest BCUT2D eigenvalue weighted by Gasteiger charge is -2.33. The topological polar surface area (TPSA) is 67.1 Å². The molecule has 1 atom stereocenters. The Labute approximate surface area is 121 Å². The molecule has 0 amide bonds. The maximum atomic E-state index is 6.45. The summed E-state index contributed by atoms with van der Waals surface area (Å²) in [5.74, 6) is 1.07. The highest BCUT2D eigenvalue weighted by atomic mass is 15.2. The predicted molar refractivity (Wildman–Crippen MR) is 80.9 cm³/mol. The van der Waals surface area contributed by atoms with Crippen molar-refractivity contribution in [3.63, 3.8) is 0 Å². The van der Waals surface area contributed by atoms with Crippen LogP contribution in [0, 0.1) is 0 Å². The minimum absolute atomic E-state index is 0.0675. The van der Waals surface area contributed by atoms with Gasteiger partial charge in [0.1, 0.15) is 12.1 Å². The molecule has 1 aliphatic carbocycles. The fraction of sp³-hybridized carbons (Fsp3) is 0.733. The Balaban J connectivity index is 2.08.